The lowest BCUT2D eigenvalue weighted by molar-refractivity contribution is 0.669. The van der Waals surface area contributed by atoms with Crippen molar-refractivity contribution in [2.45, 2.75) is 13.8 Å². The lowest BCUT2D eigenvalue weighted by atomic mass is 10.1. The van der Waals surface area contributed by atoms with Crippen molar-refractivity contribution in [3.05, 3.63) is 70.4 Å². The molecular formula is C22H16OS2. The summed E-state index contributed by atoms with van der Waals surface area (Å²) < 4.78 is 6.05. The van der Waals surface area contributed by atoms with E-state index < -0.39 is 0 Å². The first-order chi connectivity index (χ1) is 12.2. The number of fused-ring (bicyclic) bond motifs is 3. The topological polar surface area (TPSA) is 13.1 Å². The minimum absolute atomic E-state index is 0.950. The maximum absolute atomic E-state index is 6.05. The molecule has 122 valence electrons. The molecule has 0 aliphatic rings. The molecule has 0 radical (unpaired) electrons. The van der Waals surface area contributed by atoms with E-state index in [1.807, 2.05) is 0 Å². The van der Waals surface area contributed by atoms with Gasteiger partial charge in [-0.3, -0.25) is 0 Å². The fourth-order valence-corrected chi connectivity index (χ4v) is 5.04. The smallest absolute Gasteiger partial charge is 0.135 e. The van der Waals surface area contributed by atoms with Crippen molar-refractivity contribution >= 4 is 44.6 Å². The maximum Gasteiger partial charge on any atom is 0.135 e. The van der Waals surface area contributed by atoms with Crippen LogP contribution in [0.2, 0.25) is 0 Å². The summed E-state index contributed by atoms with van der Waals surface area (Å²) in [5.74, 6) is 0. The van der Waals surface area contributed by atoms with Gasteiger partial charge in [0.15, 0.2) is 0 Å². The number of thiophene rings is 2. The third kappa shape index (κ3) is 2.51. The molecule has 0 saturated heterocycles. The minimum atomic E-state index is 0.950. The number of hydrogen-bond acceptors (Lipinski definition) is 3. The molecule has 3 aromatic heterocycles. The number of furan rings is 1. The van der Waals surface area contributed by atoms with E-state index in [-0.39, 0.29) is 0 Å². The lowest BCUT2D eigenvalue weighted by Gasteiger charge is -1.99. The van der Waals surface area contributed by atoms with Gasteiger partial charge in [-0.2, -0.15) is 0 Å². The number of rotatable bonds is 2. The Balaban J connectivity index is 1.72. The third-order valence-electron chi connectivity index (χ3n) is 4.50. The first kappa shape index (κ1) is 14.9. The molecular weight excluding hydrogens is 344 g/mol. The summed E-state index contributed by atoms with van der Waals surface area (Å²) in [4.78, 5) is 2.61. The van der Waals surface area contributed by atoms with E-state index in [9.17, 15) is 0 Å². The van der Waals surface area contributed by atoms with Crippen LogP contribution in [0.15, 0.2) is 63.7 Å². The van der Waals surface area contributed by atoms with Crippen LogP contribution >= 0.6 is 22.7 Å². The molecule has 3 heteroatoms. The van der Waals surface area contributed by atoms with Crippen LogP contribution in [0.3, 0.4) is 0 Å². The van der Waals surface area contributed by atoms with Crippen molar-refractivity contribution in [1.29, 1.82) is 0 Å². The van der Waals surface area contributed by atoms with E-state index in [0.717, 1.165) is 11.2 Å². The van der Waals surface area contributed by atoms with Crippen LogP contribution in [-0.2, 0) is 0 Å². The first-order valence-corrected chi connectivity index (χ1v) is 10.0. The van der Waals surface area contributed by atoms with E-state index in [4.69, 9.17) is 4.42 Å². The molecule has 5 rings (SSSR count). The van der Waals surface area contributed by atoms with E-state index in [1.165, 1.54) is 42.8 Å². The van der Waals surface area contributed by atoms with Crippen LogP contribution in [0.4, 0.5) is 0 Å². The molecule has 0 aliphatic heterocycles. The van der Waals surface area contributed by atoms with Gasteiger partial charge < -0.3 is 4.42 Å². The predicted octanol–water partition coefficient (Wildman–Crippen LogP) is 7.66. The summed E-state index contributed by atoms with van der Waals surface area (Å²) in [6, 6.07) is 17.5. The van der Waals surface area contributed by atoms with E-state index in [0.29, 0.717) is 0 Å². The largest absolute Gasteiger partial charge is 0.456 e. The molecule has 1 nitrogen and oxygen atoms in total. The van der Waals surface area contributed by atoms with Gasteiger partial charge in [-0.1, -0.05) is 0 Å². The molecule has 0 fully saturated rings. The SMILES string of the molecule is Cc1csc(-c2ccc3oc4ccc(-c5cc(C)cs5)cc4c3c2)c1. The quantitative estimate of drug-likeness (QED) is 0.315. The average molecular weight is 361 g/mol. The molecule has 25 heavy (non-hydrogen) atoms. The molecule has 3 heterocycles. The zero-order valence-corrected chi connectivity index (χ0v) is 15.6. The second kappa shape index (κ2) is 5.58. The zero-order valence-electron chi connectivity index (χ0n) is 14.0. The van der Waals surface area contributed by atoms with Crippen molar-refractivity contribution in [3.8, 4) is 20.9 Å². The van der Waals surface area contributed by atoms with Crippen molar-refractivity contribution in [2.24, 2.45) is 0 Å². The standard InChI is InChI=1S/C22H16OS2/c1-13-7-21(24-11-13)15-3-5-19-17(9-15)18-10-16(4-6-20(18)23-19)22-8-14(2)12-25-22/h3-12H,1-2H3. The Bertz CT molecular complexity index is 1130. The summed E-state index contributed by atoms with van der Waals surface area (Å²) >= 11 is 3.59. The highest BCUT2D eigenvalue weighted by atomic mass is 32.1. The van der Waals surface area contributed by atoms with Crippen LogP contribution in [0.5, 0.6) is 0 Å². The van der Waals surface area contributed by atoms with Crippen molar-refractivity contribution in [1.82, 2.24) is 0 Å². The molecule has 2 aromatic carbocycles. The van der Waals surface area contributed by atoms with Gasteiger partial charge in [0, 0.05) is 20.5 Å². The second-order valence-corrected chi connectivity index (χ2v) is 8.32. The van der Waals surface area contributed by atoms with Crippen LogP contribution in [0.1, 0.15) is 11.1 Å². The summed E-state index contributed by atoms with van der Waals surface area (Å²) in [6.45, 7) is 4.28. The highest BCUT2D eigenvalue weighted by molar-refractivity contribution is 7.14. The van der Waals surface area contributed by atoms with Crippen molar-refractivity contribution in [2.75, 3.05) is 0 Å². The van der Waals surface area contributed by atoms with E-state index in [1.54, 1.807) is 22.7 Å². The number of benzene rings is 2. The molecule has 0 N–H and O–H groups in total. The van der Waals surface area contributed by atoms with Gasteiger partial charge in [-0.05, 0) is 95.4 Å². The van der Waals surface area contributed by atoms with Crippen LogP contribution in [-0.4, -0.2) is 0 Å². The maximum atomic E-state index is 6.05. The molecule has 0 spiro atoms. The Morgan fingerprint density at radius 2 is 1.12 bits per heavy atom. The monoisotopic (exact) mass is 360 g/mol. The third-order valence-corrected chi connectivity index (χ3v) is 6.69. The normalized spacial score (nSPS) is 11.6. The van der Waals surface area contributed by atoms with Gasteiger partial charge in [0.05, 0.1) is 0 Å². The molecule has 0 unspecified atom stereocenters. The Morgan fingerprint density at radius 1 is 0.640 bits per heavy atom. The van der Waals surface area contributed by atoms with Crippen molar-refractivity contribution < 1.29 is 4.42 Å². The lowest BCUT2D eigenvalue weighted by Crippen LogP contribution is -1.74. The van der Waals surface area contributed by atoms with Gasteiger partial charge in [0.25, 0.3) is 0 Å². The summed E-state index contributed by atoms with van der Waals surface area (Å²) in [5.41, 5.74) is 7.04. The zero-order chi connectivity index (χ0) is 17.0. The molecule has 0 bridgehead atoms. The second-order valence-electron chi connectivity index (χ2n) is 6.50. The Labute approximate surface area is 154 Å². The van der Waals surface area contributed by atoms with Crippen molar-refractivity contribution in [3.63, 3.8) is 0 Å². The number of aryl methyl sites for hydroxylation is 2. The number of hydrogen-bond donors (Lipinski definition) is 0. The van der Waals surface area contributed by atoms with Gasteiger partial charge in [-0.15, -0.1) is 22.7 Å². The summed E-state index contributed by atoms with van der Waals surface area (Å²) in [5, 5.41) is 6.77. The average Bonchev–Trinajstić information content (AvgIpc) is 3.32. The molecule has 0 aliphatic carbocycles. The first-order valence-electron chi connectivity index (χ1n) is 8.25. The van der Waals surface area contributed by atoms with Gasteiger partial charge in [0.1, 0.15) is 11.2 Å². The van der Waals surface area contributed by atoms with Crippen LogP contribution < -0.4 is 0 Å². The molecule has 0 atom stereocenters. The van der Waals surface area contributed by atoms with E-state index in [2.05, 4.69) is 73.1 Å². The fraction of sp³-hybridized carbons (Fsp3) is 0.0909. The van der Waals surface area contributed by atoms with Crippen LogP contribution in [0.25, 0.3) is 42.8 Å². The fourth-order valence-electron chi connectivity index (χ4n) is 3.25. The Hall–Kier alpha value is -2.36. The Morgan fingerprint density at radius 3 is 1.52 bits per heavy atom. The molecule has 0 saturated carbocycles. The van der Waals surface area contributed by atoms with Crippen LogP contribution in [0, 0.1) is 13.8 Å². The highest BCUT2D eigenvalue weighted by Gasteiger charge is 2.11. The van der Waals surface area contributed by atoms with Gasteiger partial charge in [-0.25, -0.2) is 0 Å². The highest BCUT2D eigenvalue weighted by Crippen LogP contribution is 2.37. The molecule has 0 amide bonds. The van der Waals surface area contributed by atoms with Gasteiger partial charge in [0.2, 0.25) is 0 Å². The summed E-state index contributed by atoms with van der Waals surface area (Å²) in [7, 11) is 0. The van der Waals surface area contributed by atoms with Gasteiger partial charge >= 0.3 is 0 Å². The molecule has 5 aromatic rings. The predicted molar refractivity (Wildman–Crippen MR) is 110 cm³/mol. The minimum Gasteiger partial charge on any atom is -0.456 e. The van der Waals surface area contributed by atoms with E-state index >= 15 is 0 Å². The summed E-state index contributed by atoms with van der Waals surface area (Å²) in [6.07, 6.45) is 0. The Kier molecular flexibility index (Phi) is 3.34.